The van der Waals surface area contributed by atoms with Gasteiger partial charge in [0.15, 0.2) is 9.84 Å². The second kappa shape index (κ2) is 7.85. The van der Waals surface area contributed by atoms with E-state index >= 15 is 0 Å². The van der Waals surface area contributed by atoms with Crippen LogP contribution >= 0.6 is 0 Å². The molecule has 1 aliphatic heterocycles. The van der Waals surface area contributed by atoms with E-state index in [4.69, 9.17) is 4.74 Å². The number of ether oxygens (including phenoxy) is 1. The number of benzene rings is 2. The number of nitrogens with zero attached hydrogens (tertiary/aromatic N) is 4. The highest BCUT2D eigenvalue weighted by molar-refractivity contribution is 7.90. The molecule has 3 heterocycles. The van der Waals surface area contributed by atoms with Gasteiger partial charge in [0, 0.05) is 29.4 Å². The molecule has 0 saturated carbocycles. The molecule has 33 heavy (non-hydrogen) atoms. The number of para-hydroxylation sites is 1. The van der Waals surface area contributed by atoms with E-state index in [1.165, 1.54) is 36.2 Å². The molecule has 0 fully saturated rings. The molecule has 4 aromatic rings. The molecule has 0 atom stereocenters. The first kappa shape index (κ1) is 20.9. The molecule has 168 valence electrons. The third-order valence-corrected chi connectivity index (χ3v) is 6.73. The Hall–Kier alpha value is -3.99. The van der Waals surface area contributed by atoms with Crippen LogP contribution in [0.4, 0.5) is 11.5 Å². The molecule has 0 bridgehead atoms. The number of nitro groups is 1. The fourth-order valence-electron chi connectivity index (χ4n) is 4.06. The highest BCUT2D eigenvalue weighted by atomic mass is 32.2. The third kappa shape index (κ3) is 3.87. The van der Waals surface area contributed by atoms with Gasteiger partial charge in [0.1, 0.15) is 12.1 Å². The molecule has 0 aliphatic carbocycles. The smallest absolute Gasteiger partial charge is 0.373 e. The zero-order valence-electron chi connectivity index (χ0n) is 17.6. The van der Waals surface area contributed by atoms with Gasteiger partial charge in [-0.25, -0.2) is 13.4 Å². The maximum atomic E-state index is 12.0. The van der Waals surface area contributed by atoms with Crippen LogP contribution in [0.25, 0.3) is 10.9 Å². The summed E-state index contributed by atoms with van der Waals surface area (Å²) in [5.74, 6) is 0.188. The van der Waals surface area contributed by atoms with Crippen molar-refractivity contribution in [1.29, 1.82) is 0 Å². The lowest BCUT2D eigenvalue weighted by molar-refractivity contribution is -0.385. The summed E-state index contributed by atoms with van der Waals surface area (Å²) in [6.07, 6.45) is 3.04. The quantitative estimate of drug-likeness (QED) is 0.349. The fourth-order valence-corrected chi connectivity index (χ4v) is 4.69. The van der Waals surface area contributed by atoms with Crippen molar-refractivity contribution in [3.05, 3.63) is 76.2 Å². The van der Waals surface area contributed by atoms with Crippen molar-refractivity contribution in [3.63, 3.8) is 0 Å². The molecular weight excluding hydrogens is 446 g/mol. The Morgan fingerprint density at radius 3 is 2.61 bits per heavy atom. The highest BCUT2D eigenvalue weighted by Crippen LogP contribution is 2.38. The maximum Gasteiger partial charge on any atom is 0.373 e. The minimum absolute atomic E-state index is 0.121. The number of H-pyrrole nitrogens is 1. The minimum Gasteiger partial charge on any atom is -0.434 e. The van der Waals surface area contributed by atoms with Crippen LogP contribution in [0.5, 0.6) is 11.6 Å². The van der Waals surface area contributed by atoms with Crippen molar-refractivity contribution in [2.75, 3.05) is 17.7 Å². The molecule has 2 aromatic carbocycles. The first-order valence-corrected chi connectivity index (χ1v) is 12.0. The third-order valence-electron chi connectivity index (χ3n) is 5.60. The van der Waals surface area contributed by atoms with Crippen molar-refractivity contribution in [1.82, 2.24) is 15.0 Å². The van der Waals surface area contributed by atoms with Gasteiger partial charge >= 0.3 is 11.6 Å². The predicted molar refractivity (Wildman–Crippen MR) is 121 cm³/mol. The fraction of sp³-hybridized carbons (Fsp3) is 0.182. The van der Waals surface area contributed by atoms with Gasteiger partial charge in [-0.15, -0.1) is 0 Å². The average molecular weight is 465 g/mol. The monoisotopic (exact) mass is 465 g/mol. The number of hydrogen-bond acceptors (Lipinski definition) is 8. The largest absolute Gasteiger partial charge is 0.434 e. The second-order valence-corrected chi connectivity index (χ2v) is 9.77. The number of hydrogen-bond donors (Lipinski definition) is 1. The summed E-state index contributed by atoms with van der Waals surface area (Å²) in [5, 5.41) is 13.1. The van der Waals surface area contributed by atoms with E-state index in [-0.39, 0.29) is 28.0 Å². The van der Waals surface area contributed by atoms with E-state index in [0.29, 0.717) is 19.5 Å². The van der Waals surface area contributed by atoms with E-state index in [9.17, 15) is 18.5 Å². The lowest BCUT2D eigenvalue weighted by Crippen LogP contribution is -2.31. The van der Waals surface area contributed by atoms with Gasteiger partial charge < -0.3 is 14.6 Å². The van der Waals surface area contributed by atoms with Crippen LogP contribution in [-0.4, -0.2) is 41.1 Å². The van der Waals surface area contributed by atoms with E-state index in [1.807, 2.05) is 23.1 Å². The van der Waals surface area contributed by atoms with Gasteiger partial charge in [0.25, 0.3) is 0 Å². The molecule has 1 N–H and O–H groups in total. The Bertz CT molecular complexity index is 1480. The zero-order chi connectivity index (χ0) is 23.2. The van der Waals surface area contributed by atoms with E-state index < -0.39 is 14.8 Å². The molecule has 0 saturated heterocycles. The number of sulfone groups is 1. The van der Waals surface area contributed by atoms with Gasteiger partial charge in [0.2, 0.25) is 5.82 Å². The Morgan fingerprint density at radius 1 is 1.12 bits per heavy atom. The molecule has 0 amide bonds. The highest BCUT2D eigenvalue weighted by Gasteiger charge is 2.31. The summed E-state index contributed by atoms with van der Waals surface area (Å²) >= 11 is 0. The van der Waals surface area contributed by atoms with Gasteiger partial charge in [-0.1, -0.05) is 18.2 Å². The van der Waals surface area contributed by atoms with Gasteiger partial charge in [-0.2, -0.15) is 4.98 Å². The van der Waals surface area contributed by atoms with E-state index in [1.54, 1.807) is 0 Å². The Labute approximate surface area is 188 Å². The first-order chi connectivity index (χ1) is 15.8. The van der Waals surface area contributed by atoms with Crippen LogP contribution < -0.4 is 9.64 Å². The molecule has 11 heteroatoms. The van der Waals surface area contributed by atoms with Crippen molar-refractivity contribution in [2.45, 2.75) is 17.9 Å². The first-order valence-electron chi connectivity index (χ1n) is 10.1. The Morgan fingerprint density at radius 2 is 1.88 bits per heavy atom. The lowest BCUT2D eigenvalue weighted by atomic mass is 10.0. The molecule has 5 rings (SSSR count). The summed E-state index contributed by atoms with van der Waals surface area (Å²) in [6.45, 7) is 0.986. The van der Waals surface area contributed by atoms with Gasteiger partial charge in [-0.3, -0.25) is 10.1 Å². The van der Waals surface area contributed by atoms with E-state index in [0.717, 1.165) is 22.9 Å². The molecule has 0 radical (unpaired) electrons. The van der Waals surface area contributed by atoms with Crippen LogP contribution in [-0.2, 0) is 22.8 Å². The van der Waals surface area contributed by atoms with Crippen LogP contribution in [0.15, 0.2) is 59.8 Å². The van der Waals surface area contributed by atoms with Crippen LogP contribution in [0.1, 0.15) is 11.3 Å². The molecule has 1 aliphatic rings. The number of aromatic nitrogens is 3. The van der Waals surface area contributed by atoms with Crippen LogP contribution in [0.3, 0.4) is 0 Å². The maximum absolute atomic E-state index is 12.0. The number of aromatic amines is 1. The molecule has 0 unspecified atom stereocenters. The summed E-state index contributed by atoms with van der Waals surface area (Å²) in [5.41, 5.74) is 2.89. The predicted octanol–water partition coefficient (Wildman–Crippen LogP) is 3.62. The van der Waals surface area contributed by atoms with Crippen LogP contribution in [0.2, 0.25) is 0 Å². The minimum atomic E-state index is -3.37. The van der Waals surface area contributed by atoms with Gasteiger partial charge in [0.05, 0.1) is 16.4 Å². The van der Waals surface area contributed by atoms with Crippen LogP contribution in [0, 0.1) is 10.1 Å². The molecule has 10 nitrogen and oxygen atoms in total. The van der Waals surface area contributed by atoms with Gasteiger partial charge in [-0.05, 0) is 42.3 Å². The van der Waals surface area contributed by atoms with Crippen molar-refractivity contribution < 1.29 is 18.1 Å². The topological polar surface area (TPSA) is 131 Å². The molecular formula is C22H19N5O5S. The normalized spacial score (nSPS) is 13.7. The SMILES string of the molecule is CS(=O)(=O)c1ccc(Oc2ncnc(N3CCc4c([nH]c5ccccc45)C3)c2[N+](=O)[O-])cc1. The Balaban J connectivity index is 1.48. The second-order valence-electron chi connectivity index (χ2n) is 7.75. The summed E-state index contributed by atoms with van der Waals surface area (Å²) in [4.78, 5) is 24.9. The van der Waals surface area contributed by atoms with Crippen molar-refractivity contribution in [2.24, 2.45) is 0 Å². The number of nitrogens with one attached hydrogen (secondary N) is 1. The van der Waals surface area contributed by atoms with E-state index in [2.05, 4.69) is 21.0 Å². The van der Waals surface area contributed by atoms with Crippen molar-refractivity contribution in [3.8, 4) is 11.6 Å². The number of anilines is 1. The number of fused-ring (bicyclic) bond motifs is 3. The summed E-state index contributed by atoms with van der Waals surface area (Å²) in [6, 6.07) is 13.6. The molecule has 2 aromatic heterocycles. The standard InChI is InChI=1S/C22H19N5O5S/c1-33(30,31)15-8-6-14(7-9-15)32-22-20(27(28)29)21(23-13-24-22)26-11-10-17-16-4-2-3-5-18(16)25-19(17)12-26/h2-9,13,25H,10-12H2,1H3. The summed E-state index contributed by atoms with van der Waals surface area (Å²) in [7, 11) is -3.37. The lowest BCUT2D eigenvalue weighted by Gasteiger charge is -2.27. The van der Waals surface area contributed by atoms with Crippen molar-refractivity contribution >= 4 is 32.2 Å². The zero-order valence-corrected chi connectivity index (χ0v) is 18.4. The number of rotatable bonds is 5. The molecule has 0 spiro atoms. The average Bonchev–Trinajstić information content (AvgIpc) is 3.16. The Kier molecular flexibility index (Phi) is 4.97. The summed E-state index contributed by atoms with van der Waals surface area (Å²) < 4.78 is 29.0.